The number of benzene rings is 1. The molecule has 1 N–H and O–H groups in total. The van der Waals surface area contributed by atoms with Gasteiger partial charge >= 0.3 is 12.1 Å². The molecule has 122 valence electrons. The fourth-order valence-electron chi connectivity index (χ4n) is 1.94. The summed E-state index contributed by atoms with van der Waals surface area (Å²) in [6, 6.07) is 6.68. The average Bonchev–Trinajstić information content (AvgIpc) is 2.37. The first-order chi connectivity index (χ1) is 10.1. The lowest BCUT2D eigenvalue weighted by atomic mass is 9.93. The summed E-state index contributed by atoms with van der Waals surface area (Å²) in [6.07, 6.45) is -6.97. The van der Waals surface area contributed by atoms with E-state index in [1.807, 2.05) is 0 Å². The van der Waals surface area contributed by atoms with Crippen LogP contribution in [0.4, 0.5) is 13.2 Å². The standard InChI is InChI=1S/C15H17F3O4/c1-3-22-13(20)14(21,15(16,17)18)9-12(19)8-11-6-4-5-10(2)7-11/h4-7,21H,3,8-9H2,1-2H3. The molecule has 1 aromatic rings. The van der Waals surface area contributed by atoms with E-state index in [0.717, 1.165) is 5.56 Å². The minimum absolute atomic E-state index is 0.306. The van der Waals surface area contributed by atoms with Crippen LogP contribution >= 0.6 is 0 Å². The first-order valence-electron chi connectivity index (χ1n) is 6.63. The van der Waals surface area contributed by atoms with E-state index >= 15 is 0 Å². The Balaban J connectivity index is 2.90. The second-order valence-electron chi connectivity index (χ2n) is 4.96. The van der Waals surface area contributed by atoms with E-state index in [1.54, 1.807) is 31.2 Å². The summed E-state index contributed by atoms with van der Waals surface area (Å²) < 4.78 is 43.1. The number of carbonyl (C=O) groups is 2. The normalized spacial score (nSPS) is 14.3. The lowest BCUT2D eigenvalue weighted by molar-refractivity contribution is -0.263. The smallest absolute Gasteiger partial charge is 0.428 e. The molecule has 7 heteroatoms. The number of Topliss-reactive ketones (excluding diaryl/α,β-unsaturated/α-hetero) is 1. The van der Waals surface area contributed by atoms with Crippen LogP contribution in [0.3, 0.4) is 0 Å². The molecular formula is C15H17F3O4. The maximum atomic E-state index is 12.9. The molecule has 0 radical (unpaired) electrons. The van der Waals surface area contributed by atoms with Crippen LogP contribution in [0.5, 0.6) is 0 Å². The highest BCUT2D eigenvalue weighted by atomic mass is 19.4. The second kappa shape index (κ2) is 6.91. The van der Waals surface area contributed by atoms with Crippen LogP contribution < -0.4 is 0 Å². The van der Waals surface area contributed by atoms with Gasteiger partial charge in [0.2, 0.25) is 0 Å². The van der Waals surface area contributed by atoms with Gasteiger partial charge in [0.15, 0.2) is 0 Å². The van der Waals surface area contributed by atoms with Gasteiger partial charge in [-0.25, -0.2) is 4.79 Å². The van der Waals surface area contributed by atoms with E-state index in [1.165, 1.54) is 6.92 Å². The van der Waals surface area contributed by atoms with Gasteiger partial charge in [-0.15, -0.1) is 0 Å². The number of hydrogen-bond acceptors (Lipinski definition) is 4. The number of aryl methyl sites for hydroxylation is 1. The number of ether oxygens (including phenoxy) is 1. The Labute approximate surface area is 125 Å². The fourth-order valence-corrected chi connectivity index (χ4v) is 1.94. The van der Waals surface area contributed by atoms with E-state index in [0.29, 0.717) is 5.56 Å². The van der Waals surface area contributed by atoms with Crippen molar-refractivity contribution in [2.75, 3.05) is 6.61 Å². The van der Waals surface area contributed by atoms with Gasteiger partial charge in [0.05, 0.1) is 13.0 Å². The molecule has 0 aliphatic carbocycles. The van der Waals surface area contributed by atoms with Gasteiger partial charge in [0.25, 0.3) is 5.60 Å². The van der Waals surface area contributed by atoms with Crippen LogP contribution in [0.2, 0.25) is 0 Å². The summed E-state index contributed by atoms with van der Waals surface area (Å²) in [7, 11) is 0. The maximum absolute atomic E-state index is 12.9. The van der Waals surface area contributed by atoms with Crippen molar-refractivity contribution in [3.05, 3.63) is 35.4 Å². The fraction of sp³-hybridized carbons (Fsp3) is 0.467. The Morgan fingerprint density at radius 1 is 1.27 bits per heavy atom. The summed E-state index contributed by atoms with van der Waals surface area (Å²) in [5, 5.41) is 9.63. The molecule has 1 aromatic carbocycles. The SMILES string of the molecule is CCOC(=O)C(O)(CC(=O)Cc1cccc(C)c1)C(F)(F)F. The van der Waals surface area contributed by atoms with Crippen LogP contribution in [0.25, 0.3) is 0 Å². The molecule has 1 atom stereocenters. The average molecular weight is 318 g/mol. The number of ketones is 1. The second-order valence-corrected chi connectivity index (χ2v) is 4.96. The minimum atomic E-state index is -5.29. The molecule has 0 heterocycles. The van der Waals surface area contributed by atoms with E-state index in [9.17, 15) is 27.9 Å². The maximum Gasteiger partial charge on any atom is 0.428 e. The third-order valence-corrected chi connectivity index (χ3v) is 3.02. The van der Waals surface area contributed by atoms with Gasteiger partial charge in [0, 0.05) is 6.42 Å². The molecule has 0 saturated carbocycles. The highest BCUT2D eigenvalue weighted by Gasteiger charge is 2.61. The number of esters is 1. The molecule has 0 bridgehead atoms. The van der Waals surface area contributed by atoms with E-state index in [2.05, 4.69) is 4.74 Å². The first-order valence-corrected chi connectivity index (χ1v) is 6.63. The lowest BCUT2D eigenvalue weighted by Gasteiger charge is -2.27. The number of hydrogen-bond donors (Lipinski definition) is 1. The zero-order chi connectivity index (χ0) is 17.0. The summed E-state index contributed by atoms with van der Waals surface area (Å²) in [4.78, 5) is 23.2. The summed E-state index contributed by atoms with van der Waals surface area (Å²) in [6.45, 7) is 2.76. The van der Waals surface area contributed by atoms with Gasteiger partial charge in [-0.3, -0.25) is 4.79 Å². The van der Waals surface area contributed by atoms with Crippen LogP contribution in [0.1, 0.15) is 24.5 Å². The van der Waals surface area contributed by atoms with E-state index < -0.39 is 30.0 Å². The molecule has 0 aliphatic heterocycles. The number of halogens is 3. The molecular weight excluding hydrogens is 301 g/mol. The Kier molecular flexibility index (Phi) is 5.71. The van der Waals surface area contributed by atoms with Crippen molar-refractivity contribution in [3.63, 3.8) is 0 Å². The molecule has 0 spiro atoms. The summed E-state index contributed by atoms with van der Waals surface area (Å²) >= 11 is 0. The molecule has 4 nitrogen and oxygen atoms in total. The summed E-state index contributed by atoms with van der Waals surface area (Å²) in [5.41, 5.74) is -2.45. The largest absolute Gasteiger partial charge is 0.464 e. The van der Waals surface area contributed by atoms with Gasteiger partial charge < -0.3 is 9.84 Å². The number of aliphatic hydroxyl groups is 1. The monoisotopic (exact) mass is 318 g/mol. The zero-order valence-corrected chi connectivity index (χ0v) is 12.2. The van der Waals surface area contributed by atoms with Crippen LogP contribution in [-0.4, -0.2) is 35.2 Å². The molecule has 22 heavy (non-hydrogen) atoms. The van der Waals surface area contributed by atoms with Crippen molar-refractivity contribution in [2.24, 2.45) is 0 Å². The van der Waals surface area contributed by atoms with Gasteiger partial charge in [-0.2, -0.15) is 13.2 Å². The van der Waals surface area contributed by atoms with Crippen molar-refractivity contribution >= 4 is 11.8 Å². The van der Waals surface area contributed by atoms with Gasteiger partial charge in [-0.1, -0.05) is 29.8 Å². The number of carbonyl (C=O) groups excluding carboxylic acids is 2. The molecule has 0 saturated heterocycles. The molecule has 1 rings (SSSR count). The van der Waals surface area contributed by atoms with Crippen LogP contribution in [-0.2, 0) is 20.7 Å². The highest BCUT2D eigenvalue weighted by Crippen LogP contribution is 2.35. The minimum Gasteiger partial charge on any atom is -0.464 e. The number of alkyl halides is 3. The molecule has 0 amide bonds. The van der Waals surface area contributed by atoms with Gasteiger partial charge in [0.1, 0.15) is 5.78 Å². The van der Waals surface area contributed by atoms with Crippen LogP contribution in [0.15, 0.2) is 24.3 Å². The topological polar surface area (TPSA) is 63.6 Å². The van der Waals surface area contributed by atoms with Crippen molar-refractivity contribution in [3.8, 4) is 0 Å². The Hall–Kier alpha value is -1.89. The quantitative estimate of drug-likeness (QED) is 0.818. The first kappa shape index (κ1) is 18.2. The highest BCUT2D eigenvalue weighted by molar-refractivity contribution is 5.90. The van der Waals surface area contributed by atoms with E-state index in [4.69, 9.17) is 0 Å². The summed E-state index contributed by atoms with van der Waals surface area (Å²) in [5.74, 6) is -2.77. The molecule has 1 unspecified atom stereocenters. The lowest BCUT2D eigenvalue weighted by Crippen LogP contribution is -2.54. The third-order valence-electron chi connectivity index (χ3n) is 3.02. The zero-order valence-electron chi connectivity index (χ0n) is 12.2. The van der Waals surface area contributed by atoms with Crippen molar-refractivity contribution < 1.29 is 32.6 Å². The Bertz CT molecular complexity index is 554. The van der Waals surface area contributed by atoms with Crippen LogP contribution in [0, 0.1) is 6.92 Å². The predicted octanol–water partition coefficient (Wildman–Crippen LogP) is 2.35. The molecule has 0 aliphatic rings. The Morgan fingerprint density at radius 3 is 2.41 bits per heavy atom. The molecule has 0 fully saturated rings. The Morgan fingerprint density at radius 2 is 1.91 bits per heavy atom. The van der Waals surface area contributed by atoms with Gasteiger partial charge in [-0.05, 0) is 19.4 Å². The van der Waals surface area contributed by atoms with E-state index in [-0.39, 0.29) is 13.0 Å². The van der Waals surface area contributed by atoms with Crippen molar-refractivity contribution in [2.45, 2.75) is 38.5 Å². The predicted molar refractivity (Wildman–Crippen MR) is 72.1 cm³/mol. The third kappa shape index (κ3) is 4.30. The number of rotatable bonds is 6. The molecule has 0 aromatic heterocycles. The van der Waals surface area contributed by atoms with Crippen molar-refractivity contribution in [1.29, 1.82) is 0 Å². The van der Waals surface area contributed by atoms with Crippen molar-refractivity contribution in [1.82, 2.24) is 0 Å².